The zero-order chi connectivity index (χ0) is 21.7. The first-order valence-corrected chi connectivity index (χ1v) is 11.4. The number of hydrogen-bond acceptors (Lipinski definition) is 4. The minimum Gasteiger partial charge on any atom is -0.491 e. The molecule has 3 rings (SSSR count). The summed E-state index contributed by atoms with van der Waals surface area (Å²) < 4.78 is 46.4. The molecule has 0 saturated heterocycles. The summed E-state index contributed by atoms with van der Waals surface area (Å²) in [5, 5.41) is 10.6. The van der Waals surface area contributed by atoms with Crippen molar-refractivity contribution in [2.75, 3.05) is 23.8 Å². The Labute approximate surface area is 175 Å². The van der Waals surface area contributed by atoms with Crippen LogP contribution >= 0.6 is 0 Å². The highest BCUT2D eigenvalue weighted by atomic mass is 32.2. The molecule has 8 heteroatoms. The number of anilines is 1. The van der Waals surface area contributed by atoms with Crippen LogP contribution in [0, 0.1) is 11.3 Å². The van der Waals surface area contributed by atoms with Crippen LogP contribution in [0.15, 0.2) is 42.5 Å². The molecule has 0 atom stereocenters. The lowest BCUT2D eigenvalue weighted by Gasteiger charge is -2.11. The van der Waals surface area contributed by atoms with E-state index in [1.54, 1.807) is 30.3 Å². The third-order valence-electron chi connectivity index (χ3n) is 4.71. The number of aromatic nitrogens is 1. The maximum Gasteiger partial charge on any atom is 0.232 e. The molecule has 3 aromatic rings. The predicted molar refractivity (Wildman–Crippen MR) is 117 cm³/mol. The fraction of sp³-hybridized carbons (Fsp3) is 0.318. The van der Waals surface area contributed by atoms with Crippen LogP contribution in [-0.2, 0) is 16.6 Å². The van der Waals surface area contributed by atoms with Crippen LogP contribution in [0.5, 0.6) is 5.75 Å². The number of benzene rings is 2. The summed E-state index contributed by atoms with van der Waals surface area (Å²) in [5.41, 5.74) is 3.39. The van der Waals surface area contributed by atoms with E-state index in [0.717, 1.165) is 22.2 Å². The van der Waals surface area contributed by atoms with Gasteiger partial charge in [0.05, 0.1) is 22.5 Å². The molecule has 0 bridgehead atoms. The molecule has 0 aliphatic heterocycles. The van der Waals surface area contributed by atoms with Crippen LogP contribution in [-0.4, -0.2) is 32.0 Å². The Morgan fingerprint density at radius 1 is 1.17 bits per heavy atom. The third-order valence-corrected chi connectivity index (χ3v) is 6.21. The van der Waals surface area contributed by atoms with Crippen LogP contribution < -0.4 is 9.46 Å². The van der Waals surface area contributed by atoms with E-state index in [9.17, 15) is 18.1 Å². The smallest absolute Gasteiger partial charge is 0.232 e. The van der Waals surface area contributed by atoms with Gasteiger partial charge in [-0.15, -0.1) is 0 Å². The second kappa shape index (κ2) is 9.18. The number of sulfonamides is 1. The number of fused-ring (bicyclic) bond motifs is 1. The highest BCUT2D eigenvalue weighted by molar-refractivity contribution is 7.92. The zero-order valence-corrected chi connectivity index (χ0v) is 17.8. The first-order valence-electron chi connectivity index (χ1n) is 9.80. The predicted octanol–water partition coefficient (Wildman–Crippen LogP) is 4.70. The van der Waals surface area contributed by atoms with Gasteiger partial charge in [-0.2, -0.15) is 5.26 Å². The average Bonchev–Trinajstić information content (AvgIpc) is 3.05. The number of nitriles is 1. The summed E-state index contributed by atoms with van der Waals surface area (Å²) >= 11 is 0. The van der Waals surface area contributed by atoms with E-state index in [1.165, 1.54) is 0 Å². The molecule has 1 heterocycles. The molecule has 0 radical (unpaired) electrons. The molecular formula is C22H24FN3O3S. The zero-order valence-electron chi connectivity index (χ0n) is 17.0. The van der Waals surface area contributed by atoms with Crippen LogP contribution in [0.25, 0.3) is 22.2 Å². The fourth-order valence-corrected chi connectivity index (χ4v) is 4.65. The highest BCUT2D eigenvalue weighted by Crippen LogP contribution is 2.35. The fourth-order valence-electron chi connectivity index (χ4n) is 3.51. The molecule has 30 heavy (non-hydrogen) atoms. The summed E-state index contributed by atoms with van der Waals surface area (Å²) in [6, 6.07) is 14.6. The van der Waals surface area contributed by atoms with Gasteiger partial charge in [0.25, 0.3) is 0 Å². The van der Waals surface area contributed by atoms with Crippen LogP contribution in [0.3, 0.4) is 0 Å². The lowest BCUT2D eigenvalue weighted by atomic mass is 10.1. The molecular weight excluding hydrogens is 405 g/mol. The Hall–Kier alpha value is -3.05. The Kier molecular flexibility index (Phi) is 6.63. The van der Waals surface area contributed by atoms with Crippen molar-refractivity contribution in [3.63, 3.8) is 0 Å². The number of ether oxygens (including phenoxy) is 1. The Balaban J connectivity index is 2.05. The van der Waals surface area contributed by atoms with Crippen molar-refractivity contribution in [1.82, 2.24) is 4.57 Å². The van der Waals surface area contributed by atoms with Gasteiger partial charge in [0.1, 0.15) is 25.1 Å². The molecule has 0 aliphatic carbocycles. The van der Waals surface area contributed by atoms with Gasteiger partial charge in [-0.05, 0) is 43.2 Å². The van der Waals surface area contributed by atoms with Crippen LogP contribution in [0.1, 0.15) is 25.8 Å². The molecule has 0 unspecified atom stereocenters. The van der Waals surface area contributed by atoms with E-state index in [-0.39, 0.29) is 12.4 Å². The summed E-state index contributed by atoms with van der Waals surface area (Å²) in [7, 11) is -3.37. The van der Waals surface area contributed by atoms with Gasteiger partial charge in [0, 0.05) is 23.7 Å². The quantitative estimate of drug-likeness (QED) is 0.534. The number of halogens is 1. The van der Waals surface area contributed by atoms with E-state index >= 15 is 0 Å². The molecule has 1 aromatic heterocycles. The molecule has 1 N–H and O–H groups in total. The van der Waals surface area contributed by atoms with Crippen molar-refractivity contribution in [2.24, 2.45) is 0 Å². The Morgan fingerprint density at radius 2 is 1.90 bits per heavy atom. The molecule has 0 spiro atoms. The topological polar surface area (TPSA) is 84.1 Å². The minimum atomic E-state index is -3.37. The molecule has 0 amide bonds. The summed E-state index contributed by atoms with van der Waals surface area (Å²) in [6.45, 7) is 3.81. The van der Waals surface area contributed by atoms with E-state index in [0.29, 0.717) is 30.0 Å². The standard InChI is InChI=1S/C22H24FN3O3S/c1-3-13-30(27,28)25-17-7-5-16(6-8-17)22-20(15-24)19-10-9-18(29-12-11-23)14-21(19)26(22)4-2/h5-10,14,25H,3-4,11-13H2,1-2H3. The summed E-state index contributed by atoms with van der Waals surface area (Å²) in [6.07, 6.45) is 0.534. The van der Waals surface area contributed by atoms with E-state index in [1.807, 2.05) is 30.5 Å². The van der Waals surface area contributed by atoms with E-state index < -0.39 is 16.7 Å². The van der Waals surface area contributed by atoms with Gasteiger partial charge < -0.3 is 9.30 Å². The van der Waals surface area contributed by atoms with Gasteiger partial charge in [-0.3, -0.25) is 4.72 Å². The first-order chi connectivity index (χ1) is 14.4. The molecule has 2 aromatic carbocycles. The van der Waals surface area contributed by atoms with Gasteiger partial charge >= 0.3 is 0 Å². The molecule has 6 nitrogen and oxygen atoms in total. The number of alkyl halides is 1. The van der Waals surface area contributed by atoms with Gasteiger partial charge in [0.15, 0.2) is 0 Å². The van der Waals surface area contributed by atoms with E-state index in [4.69, 9.17) is 4.74 Å². The number of nitrogens with zero attached hydrogens (tertiary/aromatic N) is 2. The Morgan fingerprint density at radius 3 is 2.50 bits per heavy atom. The lowest BCUT2D eigenvalue weighted by molar-refractivity contribution is 0.273. The summed E-state index contributed by atoms with van der Waals surface area (Å²) in [5.74, 6) is 0.605. The monoisotopic (exact) mass is 429 g/mol. The van der Waals surface area contributed by atoms with E-state index in [2.05, 4.69) is 10.8 Å². The molecule has 0 fully saturated rings. The maximum absolute atomic E-state index is 12.4. The second-order valence-electron chi connectivity index (χ2n) is 6.79. The SMILES string of the molecule is CCCS(=O)(=O)Nc1ccc(-c2c(C#N)c3ccc(OCCF)cc3n2CC)cc1. The normalized spacial score (nSPS) is 11.4. The van der Waals surface area contributed by atoms with Crippen molar-refractivity contribution in [2.45, 2.75) is 26.8 Å². The van der Waals surface area contributed by atoms with Crippen LogP contribution in [0.2, 0.25) is 0 Å². The van der Waals surface area contributed by atoms with Crippen molar-refractivity contribution >= 4 is 26.6 Å². The molecule has 0 aliphatic rings. The molecule has 0 saturated carbocycles. The van der Waals surface area contributed by atoms with Gasteiger partial charge in [-0.25, -0.2) is 12.8 Å². The average molecular weight is 430 g/mol. The second-order valence-corrected chi connectivity index (χ2v) is 8.64. The maximum atomic E-state index is 12.4. The Bertz CT molecular complexity index is 1180. The summed E-state index contributed by atoms with van der Waals surface area (Å²) in [4.78, 5) is 0. The van der Waals surface area contributed by atoms with Gasteiger partial charge in [-0.1, -0.05) is 19.1 Å². The largest absolute Gasteiger partial charge is 0.491 e. The number of nitrogens with one attached hydrogen (secondary N) is 1. The van der Waals surface area contributed by atoms with Crippen molar-refractivity contribution in [1.29, 1.82) is 5.26 Å². The number of rotatable bonds is 9. The number of hydrogen-bond donors (Lipinski definition) is 1. The molecule has 158 valence electrons. The van der Waals surface area contributed by atoms with Crippen molar-refractivity contribution < 1.29 is 17.5 Å². The van der Waals surface area contributed by atoms with Gasteiger partial charge in [0.2, 0.25) is 10.0 Å². The highest BCUT2D eigenvalue weighted by Gasteiger charge is 2.19. The van der Waals surface area contributed by atoms with Crippen LogP contribution in [0.4, 0.5) is 10.1 Å². The number of aryl methyl sites for hydroxylation is 1. The minimum absolute atomic E-state index is 0.0221. The third kappa shape index (κ3) is 4.41. The first kappa shape index (κ1) is 21.7. The van der Waals surface area contributed by atoms with Crippen molar-refractivity contribution in [3.8, 4) is 23.1 Å². The lowest BCUT2D eigenvalue weighted by Crippen LogP contribution is -2.15. The van der Waals surface area contributed by atoms with Crippen molar-refractivity contribution in [3.05, 3.63) is 48.0 Å².